The van der Waals surface area contributed by atoms with Crippen LogP contribution < -0.4 is 5.73 Å². The van der Waals surface area contributed by atoms with Crippen LogP contribution in [-0.4, -0.2) is 18.4 Å². The molecule has 1 aromatic carbocycles. The molecule has 3 nitrogen and oxygen atoms in total. The Hall–Kier alpha value is -1.56. The molecule has 1 fully saturated rings. The van der Waals surface area contributed by atoms with Crippen molar-refractivity contribution in [3.05, 3.63) is 35.4 Å². The van der Waals surface area contributed by atoms with Crippen LogP contribution >= 0.6 is 0 Å². The second-order valence-electron chi connectivity index (χ2n) is 7.63. The lowest BCUT2D eigenvalue weighted by Crippen LogP contribution is -2.40. The molecule has 0 saturated heterocycles. The van der Waals surface area contributed by atoms with Gasteiger partial charge in [-0.1, -0.05) is 38.1 Å². The third-order valence-electron chi connectivity index (χ3n) is 5.73. The van der Waals surface area contributed by atoms with Crippen molar-refractivity contribution in [1.82, 2.24) is 0 Å². The minimum Gasteiger partial charge on any atom is -0.440 e. The Morgan fingerprint density at radius 2 is 1.96 bits per heavy atom. The maximum absolute atomic E-state index is 12.3. The largest absolute Gasteiger partial charge is 0.490 e. The average molecular weight is 341 g/mol. The SMILES string of the molecule is CC1(C)CC(CC(N)OC(=O)C(F)(F)F)c2ccccc2C12CC2. The quantitative estimate of drug-likeness (QED) is 0.667. The Kier molecular flexibility index (Phi) is 3.94. The van der Waals surface area contributed by atoms with Crippen molar-refractivity contribution in [2.45, 2.75) is 63.3 Å². The molecule has 1 spiro atoms. The standard InChI is InChI=1S/C18H22F3NO2/c1-16(2)10-11(9-14(22)24-15(23)18(19,20)21)12-5-3-4-6-13(12)17(16)7-8-17/h3-6,11,14H,7-10,22H2,1-2H3. The highest BCUT2D eigenvalue weighted by molar-refractivity contribution is 5.75. The van der Waals surface area contributed by atoms with Crippen LogP contribution in [0.3, 0.4) is 0 Å². The highest BCUT2D eigenvalue weighted by Gasteiger charge is 2.59. The van der Waals surface area contributed by atoms with Crippen molar-refractivity contribution in [1.29, 1.82) is 0 Å². The Labute approximate surface area is 139 Å². The van der Waals surface area contributed by atoms with Crippen LogP contribution in [0.15, 0.2) is 24.3 Å². The molecular formula is C18H22F3NO2. The predicted molar refractivity (Wildman–Crippen MR) is 83.2 cm³/mol. The fraction of sp³-hybridized carbons (Fsp3) is 0.611. The molecule has 6 heteroatoms. The van der Waals surface area contributed by atoms with Crippen LogP contribution in [0.1, 0.15) is 56.6 Å². The third-order valence-corrected chi connectivity index (χ3v) is 5.73. The highest BCUT2D eigenvalue weighted by Crippen LogP contribution is 2.66. The molecular weight excluding hydrogens is 319 g/mol. The van der Waals surface area contributed by atoms with E-state index in [1.165, 1.54) is 5.56 Å². The Morgan fingerprint density at radius 3 is 2.54 bits per heavy atom. The molecule has 132 valence electrons. The van der Waals surface area contributed by atoms with E-state index < -0.39 is 18.4 Å². The van der Waals surface area contributed by atoms with Gasteiger partial charge in [0.05, 0.1) is 0 Å². The lowest BCUT2D eigenvalue weighted by molar-refractivity contribution is -0.205. The number of ether oxygens (including phenoxy) is 1. The summed E-state index contributed by atoms with van der Waals surface area (Å²) in [6, 6.07) is 8.07. The van der Waals surface area contributed by atoms with Gasteiger partial charge >= 0.3 is 12.1 Å². The zero-order valence-corrected chi connectivity index (χ0v) is 13.8. The van der Waals surface area contributed by atoms with Crippen molar-refractivity contribution < 1.29 is 22.7 Å². The van der Waals surface area contributed by atoms with Gasteiger partial charge in [0.15, 0.2) is 6.23 Å². The number of rotatable bonds is 3. The van der Waals surface area contributed by atoms with Gasteiger partial charge in [-0.25, -0.2) is 4.79 Å². The Bertz CT molecular complexity index is 650. The molecule has 0 amide bonds. The van der Waals surface area contributed by atoms with Gasteiger partial charge in [-0.15, -0.1) is 0 Å². The van der Waals surface area contributed by atoms with Crippen molar-refractivity contribution in [2.24, 2.45) is 11.1 Å². The first-order chi connectivity index (χ1) is 11.1. The summed E-state index contributed by atoms with van der Waals surface area (Å²) in [6.07, 6.45) is -2.99. The van der Waals surface area contributed by atoms with Crippen LogP contribution in [-0.2, 0) is 14.9 Å². The van der Waals surface area contributed by atoms with Crippen molar-refractivity contribution in [3.8, 4) is 0 Å². The number of fused-ring (bicyclic) bond motifs is 2. The number of alkyl halides is 3. The first kappa shape index (κ1) is 17.3. The van der Waals surface area contributed by atoms with Gasteiger partial charge in [0, 0.05) is 11.8 Å². The maximum atomic E-state index is 12.3. The minimum atomic E-state index is -5.01. The molecule has 0 heterocycles. The Morgan fingerprint density at radius 1 is 1.33 bits per heavy atom. The van der Waals surface area contributed by atoms with Gasteiger partial charge in [-0.2, -0.15) is 13.2 Å². The summed E-state index contributed by atoms with van der Waals surface area (Å²) in [6.45, 7) is 4.41. The second-order valence-corrected chi connectivity index (χ2v) is 7.63. The van der Waals surface area contributed by atoms with E-state index in [-0.39, 0.29) is 23.2 Å². The summed E-state index contributed by atoms with van der Waals surface area (Å²) in [4.78, 5) is 11.0. The molecule has 0 bridgehead atoms. The molecule has 1 saturated carbocycles. The molecule has 2 N–H and O–H groups in total. The normalized spacial score (nSPS) is 25.0. The van der Waals surface area contributed by atoms with Gasteiger partial charge < -0.3 is 4.74 Å². The number of carbonyl (C=O) groups excluding carboxylic acids is 1. The van der Waals surface area contributed by atoms with Crippen LogP contribution in [0.25, 0.3) is 0 Å². The monoisotopic (exact) mass is 341 g/mol. The number of carbonyl (C=O) groups is 1. The van der Waals surface area contributed by atoms with E-state index in [9.17, 15) is 18.0 Å². The van der Waals surface area contributed by atoms with Gasteiger partial charge in [0.1, 0.15) is 0 Å². The number of hydrogen-bond donors (Lipinski definition) is 1. The highest BCUT2D eigenvalue weighted by atomic mass is 19.4. The molecule has 0 radical (unpaired) electrons. The van der Waals surface area contributed by atoms with E-state index in [0.29, 0.717) is 0 Å². The van der Waals surface area contributed by atoms with E-state index in [0.717, 1.165) is 24.8 Å². The van der Waals surface area contributed by atoms with E-state index in [4.69, 9.17) is 5.73 Å². The summed E-state index contributed by atoms with van der Waals surface area (Å²) in [5, 5.41) is 0. The maximum Gasteiger partial charge on any atom is 0.490 e. The summed E-state index contributed by atoms with van der Waals surface area (Å²) in [7, 11) is 0. The van der Waals surface area contributed by atoms with Crippen LogP contribution in [0.4, 0.5) is 13.2 Å². The summed E-state index contributed by atoms with van der Waals surface area (Å²) >= 11 is 0. The number of esters is 1. The fourth-order valence-corrected chi connectivity index (χ4v) is 4.39. The van der Waals surface area contributed by atoms with Gasteiger partial charge in [0.2, 0.25) is 0 Å². The van der Waals surface area contributed by atoms with Gasteiger partial charge in [-0.3, -0.25) is 5.73 Å². The average Bonchev–Trinajstić information content (AvgIpc) is 3.26. The van der Waals surface area contributed by atoms with Gasteiger partial charge in [0.25, 0.3) is 0 Å². The first-order valence-electron chi connectivity index (χ1n) is 8.20. The zero-order valence-electron chi connectivity index (χ0n) is 13.8. The molecule has 0 aliphatic heterocycles. The molecule has 24 heavy (non-hydrogen) atoms. The van der Waals surface area contributed by atoms with E-state index >= 15 is 0 Å². The lowest BCUT2D eigenvalue weighted by atomic mass is 9.59. The predicted octanol–water partition coefficient (Wildman–Crippen LogP) is 4.01. The molecule has 1 aromatic rings. The van der Waals surface area contributed by atoms with Crippen molar-refractivity contribution in [2.75, 3.05) is 0 Å². The molecule has 0 aromatic heterocycles. The minimum absolute atomic E-state index is 0.0153. The molecule has 2 aliphatic rings. The number of benzene rings is 1. The molecule has 2 atom stereocenters. The third kappa shape index (κ3) is 2.81. The fourth-order valence-electron chi connectivity index (χ4n) is 4.39. The van der Waals surface area contributed by atoms with Crippen LogP contribution in [0, 0.1) is 5.41 Å². The lowest BCUT2D eigenvalue weighted by Gasteiger charge is -2.45. The Balaban J connectivity index is 1.80. The molecule has 3 rings (SSSR count). The summed E-state index contributed by atoms with van der Waals surface area (Å²) in [5.74, 6) is -2.24. The van der Waals surface area contributed by atoms with E-state index in [1.54, 1.807) is 0 Å². The van der Waals surface area contributed by atoms with Crippen LogP contribution in [0.5, 0.6) is 0 Å². The van der Waals surface area contributed by atoms with Crippen molar-refractivity contribution in [3.63, 3.8) is 0 Å². The van der Waals surface area contributed by atoms with E-state index in [2.05, 4.69) is 24.7 Å². The zero-order chi connectivity index (χ0) is 17.8. The number of nitrogens with two attached hydrogens (primary N) is 1. The number of hydrogen-bond acceptors (Lipinski definition) is 3. The van der Waals surface area contributed by atoms with Crippen LogP contribution in [0.2, 0.25) is 0 Å². The number of halogens is 3. The first-order valence-corrected chi connectivity index (χ1v) is 8.20. The van der Waals surface area contributed by atoms with Crippen molar-refractivity contribution >= 4 is 5.97 Å². The van der Waals surface area contributed by atoms with Gasteiger partial charge in [-0.05, 0) is 41.7 Å². The topological polar surface area (TPSA) is 52.3 Å². The smallest absolute Gasteiger partial charge is 0.440 e. The molecule has 2 aliphatic carbocycles. The molecule has 2 unspecified atom stereocenters. The summed E-state index contributed by atoms with van der Waals surface area (Å²) < 4.78 is 41.4. The summed E-state index contributed by atoms with van der Waals surface area (Å²) in [5.41, 5.74) is 8.31. The van der Waals surface area contributed by atoms with E-state index in [1.807, 2.05) is 18.2 Å². The second kappa shape index (κ2) is 5.48.